The lowest BCUT2D eigenvalue weighted by molar-refractivity contribution is 0.0946. The van der Waals surface area contributed by atoms with Crippen LogP contribution in [0.3, 0.4) is 0 Å². The predicted molar refractivity (Wildman–Crippen MR) is 70.6 cm³/mol. The monoisotopic (exact) mass is 297 g/mol. The highest BCUT2D eigenvalue weighted by atomic mass is 35.5. The summed E-state index contributed by atoms with van der Waals surface area (Å²) in [6.07, 6.45) is 0. The second kappa shape index (κ2) is 5.88. The lowest BCUT2D eigenvalue weighted by Crippen LogP contribution is -2.24. The summed E-state index contributed by atoms with van der Waals surface area (Å²) in [6, 6.07) is 7.86. The van der Waals surface area contributed by atoms with E-state index in [-0.39, 0.29) is 17.3 Å². The minimum Gasteiger partial charge on any atom is -0.508 e. The first kappa shape index (κ1) is 14.3. The fourth-order valence-corrected chi connectivity index (χ4v) is 1.78. The summed E-state index contributed by atoms with van der Waals surface area (Å²) < 4.78 is 26.8. The highest BCUT2D eigenvalue weighted by molar-refractivity contribution is 6.30. The molecule has 0 fully saturated rings. The van der Waals surface area contributed by atoms with Gasteiger partial charge in [-0.15, -0.1) is 0 Å². The molecule has 0 aliphatic heterocycles. The second-order valence-electron chi connectivity index (χ2n) is 4.06. The smallest absolute Gasteiger partial charge is 0.254 e. The van der Waals surface area contributed by atoms with E-state index in [9.17, 15) is 18.7 Å². The van der Waals surface area contributed by atoms with Crippen molar-refractivity contribution in [1.29, 1.82) is 0 Å². The van der Waals surface area contributed by atoms with E-state index in [0.717, 1.165) is 12.1 Å². The topological polar surface area (TPSA) is 49.3 Å². The first-order chi connectivity index (χ1) is 9.49. The zero-order valence-corrected chi connectivity index (χ0v) is 10.9. The third-order valence-corrected chi connectivity index (χ3v) is 2.98. The summed E-state index contributed by atoms with van der Waals surface area (Å²) in [5.41, 5.74) is 0.0259. The van der Waals surface area contributed by atoms with Crippen molar-refractivity contribution < 1.29 is 18.7 Å². The number of amides is 1. The highest BCUT2D eigenvalue weighted by Gasteiger charge is 2.15. The number of aromatic hydroxyl groups is 1. The van der Waals surface area contributed by atoms with Gasteiger partial charge in [-0.1, -0.05) is 29.8 Å². The molecule has 6 heteroatoms. The van der Waals surface area contributed by atoms with E-state index in [2.05, 4.69) is 5.32 Å². The Morgan fingerprint density at radius 3 is 2.60 bits per heavy atom. The third-order valence-electron chi connectivity index (χ3n) is 2.69. The number of benzene rings is 2. The minimum absolute atomic E-state index is 0.00477. The van der Waals surface area contributed by atoms with Crippen molar-refractivity contribution in [3.63, 3.8) is 0 Å². The van der Waals surface area contributed by atoms with E-state index >= 15 is 0 Å². The van der Waals surface area contributed by atoms with Gasteiger partial charge in [0.15, 0.2) is 0 Å². The molecule has 20 heavy (non-hydrogen) atoms. The van der Waals surface area contributed by atoms with Crippen molar-refractivity contribution in [3.05, 3.63) is 64.2 Å². The van der Waals surface area contributed by atoms with Crippen LogP contribution >= 0.6 is 11.6 Å². The average molecular weight is 298 g/mol. The van der Waals surface area contributed by atoms with Gasteiger partial charge in [0.25, 0.3) is 5.91 Å². The molecule has 0 radical (unpaired) electrons. The Morgan fingerprint density at radius 2 is 1.90 bits per heavy atom. The molecule has 2 aromatic carbocycles. The molecule has 2 aromatic rings. The lowest BCUT2D eigenvalue weighted by Gasteiger charge is -2.08. The van der Waals surface area contributed by atoms with Gasteiger partial charge in [0.2, 0.25) is 0 Å². The number of hydrogen-bond donors (Lipinski definition) is 2. The Balaban J connectivity index is 2.13. The normalized spacial score (nSPS) is 10.3. The first-order valence-corrected chi connectivity index (χ1v) is 6.06. The van der Waals surface area contributed by atoms with Crippen LogP contribution in [-0.4, -0.2) is 11.0 Å². The SMILES string of the molecule is O=C(NCc1ccccc1O)c1cc(F)c(Cl)cc1F. The van der Waals surface area contributed by atoms with E-state index in [1.54, 1.807) is 18.2 Å². The van der Waals surface area contributed by atoms with Crippen LogP contribution in [0.1, 0.15) is 15.9 Å². The summed E-state index contributed by atoms with van der Waals surface area (Å²) in [7, 11) is 0. The largest absolute Gasteiger partial charge is 0.508 e. The van der Waals surface area contributed by atoms with Crippen LogP contribution in [-0.2, 0) is 6.54 Å². The van der Waals surface area contributed by atoms with Crippen LogP contribution in [0, 0.1) is 11.6 Å². The van der Waals surface area contributed by atoms with Crippen molar-refractivity contribution >= 4 is 17.5 Å². The fraction of sp³-hybridized carbons (Fsp3) is 0.0714. The predicted octanol–water partition coefficient (Wildman–Crippen LogP) is 3.25. The standard InChI is InChI=1S/C14H10ClF2NO2/c15-10-6-11(16)9(5-12(10)17)14(20)18-7-8-3-1-2-4-13(8)19/h1-6,19H,7H2,(H,18,20). The maximum absolute atomic E-state index is 13.5. The molecule has 0 aliphatic rings. The van der Waals surface area contributed by atoms with Gasteiger partial charge in [-0.25, -0.2) is 8.78 Å². The van der Waals surface area contributed by atoms with E-state index in [4.69, 9.17) is 11.6 Å². The van der Waals surface area contributed by atoms with Crippen LogP contribution in [0.25, 0.3) is 0 Å². The second-order valence-corrected chi connectivity index (χ2v) is 4.46. The van der Waals surface area contributed by atoms with Gasteiger partial charge in [0, 0.05) is 12.1 Å². The van der Waals surface area contributed by atoms with Crippen molar-refractivity contribution in [2.45, 2.75) is 6.54 Å². The molecule has 2 rings (SSSR count). The van der Waals surface area contributed by atoms with E-state index in [0.29, 0.717) is 5.56 Å². The molecule has 0 spiro atoms. The molecule has 0 aliphatic carbocycles. The number of hydrogen-bond acceptors (Lipinski definition) is 2. The van der Waals surface area contributed by atoms with Crippen molar-refractivity contribution in [2.24, 2.45) is 0 Å². The minimum atomic E-state index is -0.911. The van der Waals surface area contributed by atoms with Gasteiger partial charge in [-0.3, -0.25) is 4.79 Å². The lowest BCUT2D eigenvalue weighted by atomic mass is 10.1. The maximum Gasteiger partial charge on any atom is 0.254 e. The molecule has 1 amide bonds. The Hall–Kier alpha value is -2.14. The molecule has 2 N–H and O–H groups in total. The molecule has 3 nitrogen and oxygen atoms in total. The number of phenolic OH excluding ortho intramolecular Hbond substituents is 1. The number of nitrogens with one attached hydrogen (secondary N) is 1. The molecule has 0 saturated carbocycles. The van der Waals surface area contributed by atoms with E-state index < -0.39 is 23.1 Å². The van der Waals surface area contributed by atoms with Crippen molar-refractivity contribution in [1.82, 2.24) is 5.32 Å². The van der Waals surface area contributed by atoms with Crippen LogP contribution in [0.4, 0.5) is 8.78 Å². The van der Waals surface area contributed by atoms with Crippen LogP contribution in [0.2, 0.25) is 5.02 Å². The molecule has 0 atom stereocenters. The summed E-state index contributed by atoms with van der Waals surface area (Å²) in [5.74, 6) is -2.57. The Bertz CT molecular complexity index is 662. The first-order valence-electron chi connectivity index (χ1n) is 5.68. The zero-order chi connectivity index (χ0) is 14.7. The number of phenols is 1. The van der Waals surface area contributed by atoms with Crippen LogP contribution in [0.15, 0.2) is 36.4 Å². The summed E-state index contributed by atoms with van der Waals surface area (Å²) in [4.78, 5) is 11.8. The molecular formula is C14H10ClF2NO2. The van der Waals surface area contributed by atoms with Gasteiger partial charge in [-0.05, 0) is 18.2 Å². The van der Waals surface area contributed by atoms with Crippen LogP contribution in [0.5, 0.6) is 5.75 Å². The summed E-state index contributed by atoms with van der Waals surface area (Å²) >= 11 is 5.40. The Morgan fingerprint density at radius 1 is 1.20 bits per heavy atom. The fourth-order valence-electron chi connectivity index (χ4n) is 1.63. The summed E-state index contributed by atoms with van der Waals surface area (Å²) in [6.45, 7) is -0.00477. The molecule has 0 aromatic heterocycles. The Kier molecular flexibility index (Phi) is 4.20. The number of carbonyl (C=O) groups is 1. The molecular weight excluding hydrogens is 288 g/mol. The van der Waals surface area contributed by atoms with Crippen molar-refractivity contribution in [2.75, 3.05) is 0 Å². The quantitative estimate of drug-likeness (QED) is 0.854. The van der Waals surface area contributed by atoms with Gasteiger partial charge >= 0.3 is 0 Å². The van der Waals surface area contributed by atoms with Crippen molar-refractivity contribution in [3.8, 4) is 5.75 Å². The zero-order valence-electron chi connectivity index (χ0n) is 10.2. The van der Waals surface area contributed by atoms with Gasteiger partial charge in [-0.2, -0.15) is 0 Å². The number of rotatable bonds is 3. The van der Waals surface area contributed by atoms with Crippen LogP contribution < -0.4 is 5.32 Å². The molecule has 0 saturated heterocycles. The molecule has 0 bridgehead atoms. The van der Waals surface area contributed by atoms with Gasteiger partial charge < -0.3 is 10.4 Å². The van der Waals surface area contributed by atoms with Gasteiger partial charge in [0.05, 0.1) is 10.6 Å². The van der Waals surface area contributed by atoms with E-state index in [1.807, 2.05) is 0 Å². The highest BCUT2D eigenvalue weighted by Crippen LogP contribution is 2.20. The molecule has 0 unspecified atom stereocenters. The Labute approximate surface area is 118 Å². The summed E-state index contributed by atoms with van der Waals surface area (Å²) in [5, 5.41) is 11.5. The third kappa shape index (κ3) is 3.05. The number of halogens is 3. The number of carbonyl (C=O) groups excluding carboxylic acids is 1. The van der Waals surface area contributed by atoms with Gasteiger partial charge in [0.1, 0.15) is 17.4 Å². The molecule has 104 valence electrons. The average Bonchev–Trinajstić information content (AvgIpc) is 2.41. The van der Waals surface area contributed by atoms with E-state index in [1.165, 1.54) is 6.07 Å². The molecule has 0 heterocycles. The maximum atomic E-state index is 13.5. The number of para-hydroxylation sites is 1.